The molecular weight excluding hydrogens is 212 g/mol. The van der Waals surface area contributed by atoms with Crippen molar-refractivity contribution in [2.75, 3.05) is 5.32 Å². The van der Waals surface area contributed by atoms with E-state index in [4.69, 9.17) is 0 Å². The molecule has 0 spiro atoms. The van der Waals surface area contributed by atoms with Crippen LogP contribution in [-0.2, 0) is 0 Å². The van der Waals surface area contributed by atoms with Crippen molar-refractivity contribution in [2.24, 2.45) is 0 Å². The van der Waals surface area contributed by atoms with Gasteiger partial charge in [0, 0.05) is 23.6 Å². The Bertz CT molecular complexity index is 515. The number of anilines is 1. The van der Waals surface area contributed by atoms with Crippen molar-refractivity contribution in [1.82, 2.24) is 4.98 Å². The van der Waals surface area contributed by atoms with Crippen LogP contribution in [0.4, 0.5) is 5.69 Å². The van der Waals surface area contributed by atoms with Gasteiger partial charge in [0.2, 0.25) is 0 Å². The average Bonchev–Trinajstić information content (AvgIpc) is 2.30. The van der Waals surface area contributed by atoms with Gasteiger partial charge in [-0.3, -0.25) is 9.78 Å². The lowest BCUT2D eigenvalue weighted by atomic mass is 10.0. The molecule has 0 aliphatic heterocycles. The minimum Gasteiger partial charge on any atom is -0.322 e. The van der Waals surface area contributed by atoms with Gasteiger partial charge in [-0.15, -0.1) is 0 Å². The zero-order chi connectivity index (χ0) is 12.3. The highest BCUT2D eigenvalue weighted by Crippen LogP contribution is 2.15. The Kier molecular flexibility index (Phi) is 3.19. The topological polar surface area (TPSA) is 42.0 Å². The van der Waals surface area contributed by atoms with Crippen LogP contribution in [0.2, 0.25) is 0 Å². The highest BCUT2D eigenvalue weighted by molar-refractivity contribution is 6.06. The number of amides is 1. The van der Waals surface area contributed by atoms with E-state index in [1.165, 1.54) is 0 Å². The molecule has 17 heavy (non-hydrogen) atoms. The lowest BCUT2D eigenvalue weighted by molar-refractivity contribution is 0.102. The molecule has 3 heteroatoms. The molecule has 2 aromatic rings. The number of nitrogens with zero attached hydrogens (tertiary/aromatic N) is 1. The van der Waals surface area contributed by atoms with Crippen LogP contribution < -0.4 is 5.32 Å². The average molecular weight is 226 g/mol. The predicted molar refractivity (Wildman–Crippen MR) is 68.1 cm³/mol. The van der Waals surface area contributed by atoms with Crippen LogP contribution in [0.3, 0.4) is 0 Å². The van der Waals surface area contributed by atoms with Crippen molar-refractivity contribution in [1.29, 1.82) is 0 Å². The van der Waals surface area contributed by atoms with Crippen LogP contribution in [0.15, 0.2) is 42.7 Å². The van der Waals surface area contributed by atoms with Crippen molar-refractivity contribution in [3.8, 4) is 0 Å². The number of aromatic nitrogens is 1. The monoisotopic (exact) mass is 226 g/mol. The molecule has 0 radical (unpaired) electrons. The summed E-state index contributed by atoms with van der Waals surface area (Å²) < 4.78 is 0. The van der Waals surface area contributed by atoms with Gasteiger partial charge < -0.3 is 5.32 Å². The highest BCUT2D eigenvalue weighted by Gasteiger charge is 2.11. The van der Waals surface area contributed by atoms with Crippen molar-refractivity contribution in [2.45, 2.75) is 13.8 Å². The van der Waals surface area contributed by atoms with E-state index in [0.717, 1.165) is 22.4 Å². The van der Waals surface area contributed by atoms with Gasteiger partial charge in [0.15, 0.2) is 0 Å². The third-order valence-corrected chi connectivity index (χ3v) is 2.65. The maximum Gasteiger partial charge on any atom is 0.256 e. The van der Waals surface area contributed by atoms with Gasteiger partial charge in [-0.05, 0) is 37.1 Å². The number of benzene rings is 1. The fourth-order valence-corrected chi connectivity index (χ4v) is 1.80. The Hall–Kier alpha value is -2.16. The number of aryl methyl sites for hydroxylation is 2. The molecule has 0 saturated carbocycles. The minimum absolute atomic E-state index is 0.0770. The largest absolute Gasteiger partial charge is 0.322 e. The molecule has 0 aliphatic carbocycles. The fraction of sp³-hybridized carbons (Fsp3) is 0.143. The molecule has 0 fully saturated rings. The van der Waals surface area contributed by atoms with E-state index < -0.39 is 0 Å². The maximum atomic E-state index is 12.1. The number of pyridine rings is 1. The first kappa shape index (κ1) is 11.3. The first-order chi connectivity index (χ1) is 8.18. The van der Waals surface area contributed by atoms with Gasteiger partial charge in [0.1, 0.15) is 0 Å². The molecule has 0 bridgehead atoms. The first-order valence-corrected chi connectivity index (χ1v) is 5.46. The van der Waals surface area contributed by atoms with Crippen LogP contribution >= 0.6 is 0 Å². The number of hydrogen-bond acceptors (Lipinski definition) is 2. The lowest BCUT2D eigenvalue weighted by Crippen LogP contribution is -2.14. The first-order valence-electron chi connectivity index (χ1n) is 5.46. The second-order valence-electron chi connectivity index (χ2n) is 3.96. The normalized spacial score (nSPS) is 10.0. The number of carbonyl (C=O) groups is 1. The second kappa shape index (κ2) is 4.78. The molecule has 3 nitrogen and oxygen atoms in total. The smallest absolute Gasteiger partial charge is 0.256 e. The zero-order valence-electron chi connectivity index (χ0n) is 9.90. The van der Waals surface area contributed by atoms with E-state index >= 15 is 0 Å². The summed E-state index contributed by atoms with van der Waals surface area (Å²) >= 11 is 0. The molecule has 1 amide bonds. The van der Waals surface area contributed by atoms with E-state index in [9.17, 15) is 4.79 Å². The zero-order valence-corrected chi connectivity index (χ0v) is 9.90. The second-order valence-corrected chi connectivity index (χ2v) is 3.96. The summed E-state index contributed by atoms with van der Waals surface area (Å²) in [7, 11) is 0. The lowest BCUT2D eigenvalue weighted by Gasteiger charge is -2.10. The Morgan fingerprint density at radius 2 is 1.65 bits per heavy atom. The van der Waals surface area contributed by atoms with Gasteiger partial charge in [0.25, 0.3) is 5.91 Å². The van der Waals surface area contributed by atoms with Crippen molar-refractivity contribution >= 4 is 11.6 Å². The summed E-state index contributed by atoms with van der Waals surface area (Å²) in [6.45, 7) is 3.88. The molecule has 1 heterocycles. The third kappa shape index (κ3) is 2.50. The number of carbonyl (C=O) groups excluding carboxylic acids is 1. The molecular formula is C14H14N2O. The van der Waals surface area contributed by atoms with Crippen molar-refractivity contribution in [3.05, 3.63) is 59.4 Å². The Morgan fingerprint density at radius 1 is 1.06 bits per heavy atom. The van der Waals surface area contributed by atoms with E-state index in [2.05, 4.69) is 10.3 Å². The SMILES string of the molecule is Cc1cccc(C)c1C(=O)Nc1ccncc1. The third-order valence-electron chi connectivity index (χ3n) is 2.65. The van der Waals surface area contributed by atoms with Gasteiger partial charge in [-0.2, -0.15) is 0 Å². The molecule has 1 aromatic heterocycles. The molecule has 1 N–H and O–H groups in total. The minimum atomic E-state index is -0.0770. The van der Waals surface area contributed by atoms with Gasteiger partial charge >= 0.3 is 0 Å². The van der Waals surface area contributed by atoms with E-state index in [1.54, 1.807) is 24.5 Å². The van der Waals surface area contributed by atoms with Crippen LogP contribution in [0.5, 0.6) is 0 Å². The quantitative estimate of drug-likeness (QED) is 0.855. The molecule has 0 aliphatic rings. The molecule has 86 valence electrons. The molecule has 0 atom stereocenters. The van der Waals surface area contributed by atoms with Crippen LogP contribution in [0.1, 0.15) is 21.5 Å². The van der Waals surface area contributed by atoms with Gasteiger partial charge in [0.05, 0.1) is 0 Å². The van der Waals surface area contributed by atoms with E-state index in [-0.39, 0.29) is 5.91 Å². The molecule has 2 rings (SSSR count). The van der Waals surface area contributed by atoms with Crippen LogP contribution in [0, 0.1) is 13.8 Å². The fourth-order valence-electron chi connectivity index (χ4n) is 1.80. The van der Waals surface area contributed by atoms with E-state index in [0.29, 0.717) is 0 Å². The highest BCUT2D eigenvalue weighted by atomic mass is 16.1. The summed E-state index contributed by atoms with van der Waals surface area (Å²) in [6, 6.07) is 9.37. The van der Waals surface area contributed by atoms with Crippen LogP contribution in [-0.4, -0.2) is 10.9 Å². The van der Waals surface area contributed by atoms with E-state index in [1.807, 2.05) is 32.0 Å². The molecule has 0 unspecified atom stereocenters. The predicted octanol–water partition coefficient (Wildman–Crippen LogP) is 2.95. The summed E-state index contributed by atoms with van der Waals surface area (Å²) in [4.78, 5) is 16.0. The van der Waals surface area contributed by atoms with Gasteiger partial charge in [-0.25, -0.2) is 0 Å². The summed E-state index contributed by atoms with van der Waals surface area (Å²) in [5, 5.41) is 2.86. The number of nitrogens with one attached hydrogen (secondary N) is 1. The summed E-state index contributed by atoms with van der Waals surface area (Å²) in [5.74, 6) is -0.0770. The van der Waals surface area contributed by atoms with Gasteiger partial charge in [-0.1, -0.05) is 18.2 Å². The Balaban J connectivity index is 2.27. The van der Waals surface area contributed by atoms with Crippen molar-refractivity contribution < 1.29 is 4.79 Å². The Labute approximate surface area is 101 Å². The summed E-state index contributed by atoms with van der Waals surface area (Å²) in [5.41, 5.74) is 3.46. The maximum absolute atomic E-state index is 12.1. The molecule has 1 aromatic carbocycles. The number of rotatable bonds is 2. The number of hydrogen-bond donors (Lipinski definition) is 1. The molecule has 0 saturated heterocycles. The standard InChI is InChI=1S/C14H14N2O/c1-10-4-3-5-11(2)13(10)14(17)16-12-6-8-15-9-7-12/h3-9H,1-2H3,(H,15,16,17). The Morgan fingerprint density at radius 3 is 2.24 bits per heavy atom. The van der Waals surface area contributed by atoms with Crippen LogP contribution in [0.25, 0.3) is 0 Å². The summed E-state index contributed by atoms with van der Waals surface area (Å²) in [6.07, 6.45) is 3.31. The van der Waals surface area contributed by atoms with Crippen molar-refractivity contribution in [3.63, 3.8) is 0 Å².